The first kappa shape index (κ1) is 10.1. The van der Waals surface area contributed by atoms with E-state index in [-0.39, 0.29) is 0 Å². The van der Waals surface area contributed by atoms with Gasteiger partial charge in [-0.25, -0.2) is 0 Å². The molecule has 5 heteroatoms. The summed E-state index contributed by atoms with van der Waals surface area (Å²) in [6, 6.07) is 9.98. The molecular formula is C8H11IN4. The van der Waals surface area contributed by atoms with Gasteiger partial charge >= 0.3 is 0 Å². The predicted molar refractivity (Wildman–Crippen MR) is 61.8 cm³/mol. The second kappa shape index (κ2) is 4.90. The first-order valence-corrected chi connectivity index (χ1v) is 4.71. The summed E-state index contributed by atoms with van der Waals surface area (Å²) in [4.78, 5) is 0. The lowest BCUT2D eigenvalue weighted by Crippen LogP contribution is -2.29. The average Bonchev–Trinajstić information content (AvgIpc) is 2.18. The van der Waals surface area contributed by atoms with Crippen molar-refractivity contribution in [3.8, 4) is 0 Å². The zero-order valence-corrected chi connectivity index (χ0v) is 9.18. The fraction of sp³-hybridized carbons (Fsp3) is 0.125. The molecule has 0 spiro atoms. The van der Waals surface area contributed by atoms with Gasteiger partial charge in [-0.05, 0) is 5.56 Å². The summed E-state index contributed by atoms with van der Waals surface area (Å²) in [6.45, 7) is 0.702. The summed E-state index contributed by atoms with van der Waals surface area (Å²) in [5.41, 5.74) is 6.68. The van der Waals surface area contributed by atoms with Crippen LogP contribution >= 0.6 is 22.9 Å². The average molecular weight is 290 g/mol. The van der Waals surface area contributed by atoms with Gasteiger partial charge in [0.05, 0.1) is 29.4 Å². The third-order valence-corrected chi connectivity index (χ3v) is 2.38. The Morgan fingerprint density at radius 2 is 2.00 bits per heavy atom. The number of nitrogens with zero attached hydrogens (tertiary/aromatic N) is 2. The monoisotopic (exact) mass is 290 g/mol. The van der Waals surface area contributed by atoms with Crippen LogP contribution in [-0.4, -0.2) is 9.07 Å². The molecule has 0 radical (unpaired) electrons. The molecular weight excluding hydrogens is 279 g/mol. The molecule has 4 N–H and O–H groups in total. The van der Waals surface area contributed by atoms with Crippen LogP contribution in [0.15, 0.2) is 35.4 Å². The van der Waals surface area contributed by atoms with Crippen LogP contribution in [0, 0.1) is 0 Å². The van der Waals surface area contributed by atoms with E-state index in [0.717, 1.165) is 0 Å². The lowest BCUT2D eigenvalue weighted by Gasteiger charge is -2.13. The van der Waals surface area contributed by atoms with Crippen LogP contribution in [0.3, 0.4) is 0 Å². The summed E-state index contributed by atoms with van der Waals surface area (Å²) in [6.07, 6.45) is 0. The fourth-order valence-corrected chi connectivity index (χ4v) is 1.41. The van der Waals surface area contributed by atoms with Crippen molar-refractivity contribution in [2.75, 3.05) is 0 Å². The summed E-state index contributed by atoms with van der Waals surface area (Å²) >= 11 is 2.07. The molecule has 1 aromatic carbocycles. The first-order chi connectivity index (χ1) is 6.24. The van der Waals surface area contributed by atoms with Crippen molar-refractivity contribution in [2.45, 2.75) is 6.54 Å². The maximum Gasteiger partial charge on any atom is 0.222 e. The van der Waals surface area contributed by atoms with Gasteiger partial charge in [0, 0.05) is 0 Å². The second-order valence-electron chi connectivity index (χ2n) is 2.49. The summed E-state index contributed by atoms with van der Waals surface area (Å²) in [7, 11) is 0. The highest BCUT2D eigenvalue weighted by Crippen LogP contribution is 2.07. The molecule has 0 aliphatic carbocycles. The van der Waals surface area contributed by atoms with Gasteiger partial charge in [-0.2, -0.15) is 0 Å². The third-order valence-electron chi connectivity index (χ3n) is 1.55. The number of hydrogen-bond donors (Lipinski definition) is 2. The van der Waals surface area contributed by atoms with Crippen molar-refractivity contribution in [1.82, 2.24) is 3.11 Å². The zero-order valence-electron chi connectivity index (χ0n) is 7.02. The van der Waals surface area contributed by atoms with Gasteiger partial charge < -0.3 is 11.6 Å². The van der Waals surface area contributed by atoms with E-state index in [4.69, 9.17) is 11.6 Å². The minimum Gasteiger partial charge on any atom is -0.368 e. The van der Waals surface area contributed by atoms with E-state index in [0.29, 0.717) is 12.5 Å². The number of benzene rings is 1. The number of guanidine groups is 1. The summed E-state index contributed by atoms with van der Waals surface area (Å²) < 4.78 is 1.76. The number of rotatable bonds is 2. The maximum atomic E-state index is 5.51. The molecule has 1 aromatic rings. The quantitative estimate of drug-likeness (QED) is 0.213. The minimum absolute atomic E-state index is 0.324. The molecule has 0 saturated carbocycles. The SMILES string of the molecule is NN=C(N)N(I)Cc1ccccc1. The second-order valence-corrected chi connectivity index (χ2v) is 3.66. The van der Waals surface area contributed by atoms with E-state index in [1.807, 2.05) is 30.3 Å². The van der Waals surface area contributed by atoms with E-state index in [9.17, 15) is 0 Å². The minimum atomic E-state index is 0.324. The fourth-order valence-electron chi connectivity index (χ4n) is 0.887. The molecule has 13 heavy (non-hydrogen) atoms. The highest BCUT2D eigenvalue weighted by Gasteiger charge is 2.03. The molecule has 0 heterocycles. The Kier molecular flexibility index (Phi) is 3.81. The van der Waals surface area contributed by atoms with Gasteiger partial charge in [-0.15, -0.1) is 5.10 Å². The van der Waals surface area contributed by atoms with Crippen molar-refractivity contribution < 1.29 is 0 Å². The lowest BCUT2D eigenvalue weighted by atomic mass is 10.2. The number of halogens is 1. The Morgan fingerprint density at radius 1 is 1.38 bits per heavy atom. The molecule has 1 rings (SSSR count). The highest BCUT2D eigenvalue weighted by molar-refractivity contribution is 14.1. The van der Waals surface area contributed by atoms with E-state index >= 15 is 0 Å². The Bertz CT molecular complexity index is 285. The van der Waals surface area contributed by atoms with E-state index in [1.165, 1.54) is 5.56 Å². The Balaban J connectivity index is 2.60. The normalized spacial score (nSPS) is 11.3. The Hall–Kier alpha value is -0.980. The van der Waals surface area contributed by atoms with Gasteiger partial charge in [-0.3, -0.25) is 3.11 Å². The topological polar surface area (TPSA) is 67.6 Å². The molecule has 0 fully saturated rings. The molecule has 70 valence electrons. The summed E-state index contributed by atoms with van der Waals surface area (Å²) in [5.74, 6) is 5.37. The number of nitrogens with two attached hydrogens (primary N) is 2. The molecule has 4 nitrogen and oxygen atoms in total. The van der Waals surface area contributed by atoms with Crippen LogP contribution in [0.2, 0.25) is 0 Å². The van der Waals surface area contributed by atoms with Gasteiger partial charge in [-0.1, -0.05) is 30.3 Å². The van der Waals surface area contributed by atoms with E-state index < -0.39 is 0 Å². The summed E-state index contributed by atoms with van der Waals surface area (Å²) in [5, 5.41) is 3.40. The van der Waals surface area contributed by atoms with Crippen LogP contribution in [0.4, 0.5) is 0 Å². The first-order valence-electron chi connectivity index (χ1n) is 3.74. The molecule has 0 unspecified atom stereocenters. The molecule has 0 saturated heterocycles. The van der Waals surface area contributed by atoms with Crippen LogP contribution < -0.4 is 11.6 Å². The van der Waals surface area contributed by atoms with E-state index in [2.05, 4.69) is 28.0 Å². The predicted octanol–water partition coefficient (Wildman–Crippen LogP) is 1.03. The molecule has 0 atom stereocenters. The smallest absolute Gasteiger partial charge is 0.222 e. The third kappa shape index (κ3) is 3.10. The van der Waals surface area contributed by atoms with Gasteiger partial charge in [0.1, 0.15) is 0 Å². The van der Waals surface area contributed by atoms with Crippen LogP contribution in [0.5, 0.6) is 0 Å². The Labute approximate surface area is 91.1 Å². The van der Waals surface area contributed by atoms with Crippen molar-refractivity contribution >= 4 is 28.8 Å². The van der Waals surface area contributed by atoms with Crippen LogP contribution in [0.25, 0.3) is 0 Å². The molecule has 0 aromatic heterocycles. The molecule has 0 bridgehead atoms. The van der Waals surface area contributed by atoms with Crippen LogP contribution in [0.1, 0.15) is 5.56 Å². The standard InChI is InChI=1S/C8H11IN4/c9-13(8(10)12-11)6-7-4-2-1-3-5-7/h1-5H,6,11H2,(H2,10,12). The van der Waals surface area contributed by atoms with Crippen molar-refractivity contribution in [3.63, 3.8) is 0 Å². The largest absolute Gasteiger partial charge is 0.368 e. The molecule has 0 aliphatic rings. The van der Waals surface area contributed by atoms with Crippen molar-refractivity contribution in [3.05, 3.63) is 35.9 Å². The van der Waals surface area contributed by atoms with Crippen LogP contribution in [-0.2, 0) is 6.54 Å². The van der Waals surface area contributed by atoms with Gasteiger partial charge in [0.15, 0.2) is 0 Å². The van der Waals surface area contributed by atoms with Crippen molar-refractivity contribution in [2.24, 2.45) is 16.7 Å². The van der Waals surface area contributed by atoms with Gasteiger partial charge in [0.25, 0.3) is 0 Å². The lowest BCUT2D eigenvalue weighted by molar-refractivity contribution is 0.704. The number of hydrogen-bond acceptors (Lipinski definition) is 2. The maximum absolute atomic E-state index is 5.51. The van der Waals surface area contributed by atoms with Gasteiger partial charge in [0.2, 0.25) is 5.96 Å². The van der Waals surface area contributed by atoms with E-state index in [1.54, 1.807) is 3.11 Å². The Morgan fingerprint density at radius 3 is 2.54 bits per heavy atom. The molecule has 0 aliphatic heterocycles. The molecule has 0 amide bonds. The zero-order chi connectivity index (χ0) is 9.68. The number of hydrazone groups is 1. The highest BCUT2D eigenvalue weighted by atomic mass is 127. The van der Waals surface area contributed by atoms with Crippen molar-refractivity contribution in [1.29, 1.82) is 0 Å².